The molecule has 0 bridgehead atoms. The van der Waals surface area contributed by atoms with Gasteiger partial charge in [-0.2, -0.15) is 0 Å². The first-order chi connectivity index (χ1) is 11.1. The molecule has 0 aromatic heterocycles. The monoisotopic (exact) mass is 400 g/mol. The number of likely N-dealkylation sites (tertiary alicyclic amines) is 1. The van der Waals surface area contributed by atoms with Crippen LogP contribution in [0.2, 0.25) is 5.02 Å². The number of guanidine groups is 1. The van der Waals surface area contributed by atoms with Crippen molar-refractivity contribution in [3.8, 4) is 0 Å². The number of piperidine rings is 1. The van der Waals surface area contributed by atoms with Crippen LogP contribution in [0.4, 0.5) is 0 Å². The second-order valence-corrected chi connectivity index (χ2v) is 7.24. The fourth-order valence-electron chi connectivity index (χ4n) is 2.85. The van der Waals surface area contributed by atoms with Gasteiger partial charge in [0.05, 0.1) is 0 Å². The van der Waals surface area contributed by atoms with Crippen LogP contribution in [-0.2, 0) is 6.54 Å². The van der Waals surface area contributed by atoms with E-state index in [0.29, 0.717) is 12.6 Å². The second-order valence-electron chi connectivity index (χ2n) is 5.92. The topological polar surface area (TPSA) is 39.7 Å². The van der Waals surface area contributed by atoms with Crippen molar-refractivity contribution in [2.45, 2.75) is 38.8 Å². The van der Waals surface area contributed by atoms with E-state index in [1.807, 2.05) is 25.2 Å². The summed E-state index contributed by atoms with van der Waals surface area (Å²) in [5, 5.41) is 7.64. The number of aliphatic imine (C=N–C) groups is 1. The Kier molecular flexibility index (Phi) is 7.66. The zero-order valence-electron chi connectivity index (χ0n) is 13.9. The molecule has 6 heteroatoms. The van der Waals surface area contributed by atoms with Gasteiger partial charge in [-0.15, -0.1) is 0 Å². The number of nitrogens with zero attached hydrogens (tertiary/aromatic N) is 2. The predicted molar refractivity (Wildman–Crippen MR) is 102 cm³/mol. The van der Waals surface area contributed by atoms with Crippen LogP contribution in [-0.4, -0.2) is 43.6 Å². The van der Waals surface area contributed by atoms with Crippen molar-refractivity contribution >= 4 is 33.5 Å². The van der Waals surface area contributed by atoms with Gasteiger partial charge in [0, 0.05) is 42.2 Å². The molecule has 0 saturated carbocycles. The molecule has 23 heavy (non-hydrogen) atoms. The summed E-state index contributed by atoms with van der Waals surface area (Å²) < 4.78 is 0.993. The number of hydrogen-bond acceptors (Lipinski definition) is 2. The molecule has 0 amide bonds. The van der Waals surface area contributed by atoms with Gasteiger partial charge in [-0.3, -0.25) is 4.99 Å². The average molecular weight is 402 g/mol. The molecule has 0 unspecified atom stereocenters. The lowest BCUT2D eigenvalue weighted by Crippen LogP contribution is -2.48. The maximum Gasteiger partial charge on any atom is 0.191 e. The maximum atomic E-state index is 6.26. The Morgan fingerprint density at radius 2 is 2.13 bits per heavy atom. The largest absolute Gasteiger partial charge is 0.354 e. The van der Waals surface area contributed by atoms with E-state index >= 15 is 0 Å². The summed E-state index contributed by atoms with van der Waals surface area (Å²) in [4.78, 5) is 6.87. The standard InChI is InChI=1S/C17H26BrClN4/c1-3-8-23-9-6-15(7-10-23)22-17(20-2)21-12-13-4-5-14(18)11-16(13)19/h4-5,11,15H,3,6-10,12H2,1-2H3,(H2,20,21,22). The molecular weight excluding hydrogens is 376 g/mol. The summed E-state index contributed by atoms with van der Waals surface area (Å²) in [6, 6.07) is 6.44. The minimum Gasteiger partial charge on any atom is -0.354 e. The van der Waals surface area contributed by atoms with Gasteiger partial charge in [0.1, 0.15) is 0 Å². The number of nitrogens with one attached hydrogen (secondary N) is 2. The zero-order valence-corrected chi connectivity index (χ0v) is 16.3. The quantitative estimate of drug-likeness (QED) is 0.584. The fraction of sp³-hybridized carbons (Fsp3) is 0.588. The lowest BCUT2D eigenvalue weighted by Gasteiger charge is -2.32. The molecule has 1 heterocycles. The first-order valence-electron chi connectivity index (χ1n) is 8.25. The highest BCUT2D eigenvalue weighted by molar-refractivity contribution is 9.10. The van der Waals surface area contributed by atoms with Crippen LogP contribution in [0.15, 0.2) is 27.7 Å². The Balaban J connectivity index is 1.80. The molecule has 1 aliphatic heterocycles. The lowest BCUT2D eigenvalue weighted by atomic mass is 10.1. The van der Waals surface area contributed by atoms with Crippen molar-refractivity contribution in [1.82, 2.24) is 15.5 Å². The minimum atomic E-state index is 0.495. The smallest absolute Gasteiger partial charge is 0.191 e. The average Bonchev–Trinajstić information content (AvgIpc) is 2.54. The van der Waals surface area contributed by atoms with E-state index in [9.17, 15) is 0 Å². The molecule has 4 nitrogen and oxygen atoms in total. The molecule has 1 aromatic rings. The second kappa shape index (κ2) is 9.50. The van der Waals surface area contributed by atoms with Crippen LogP contribution < -0.4 is 10.6 Å². The van der Waals surface area contributed by atoms with E-state index in [2.05, 4.69) is 43.4 Å². The van der Waals surface area contributed by atoms with Crippen LogP contribution in [0, 0.1) is 0 Å². The van der Waals surface area contributed by atoms with E-state index in [0.717, 1.165) is 21.0 Å². The fourth-order valence-corrected chi connectivity index (χ4v) is 3.59. The van der Waals surface area contributed by atoms with E-state index in [-0.39, 0.29) is 0 Å². The molecule has 2 rings (SSSR count). The molecule has 1 saturated heterocycles. The molecule has 1 aromatic carbocycles. The van der Waals surface area contributed by atoms with E-state index in [4.69, 9.17) is 11.6 Å². The van der Waals surface area contributed by atoms with Crippen LogP contribution in [0.3, 0.4) is 0 Å². The number of halogens is 2. The van der Waals surface area contributed by atoms with Gasteiger partial charge < -0.3 is 15.5 Å². The molecule has 128 valence electrons. The minimum absolute atomic E-state index is 0.495. The summed E-state index contributed by atoms with van der Waals surface area (Å²) in [5.41, 5.74) is 1.07. The van der Waals surface area contributed by atoms with Crippen LogP contribution in [0.25, 0.3) is 0 Å². The lowest BCUT2D eigenvalue weighted by molar-refractivity contribution is 0.206. The Morgan fingerprint density at radius 3 is 2.74 bits per heavy atom. The molecule has 0 spiro atoms. The SMILES string of the molecule is CCCN1CCC(NC(=NC)NCc2ccc(Br)cc2Cl)CC1. The van der Waals surface area contributed by atoms with Crippen LogP contribution >= 0.6 is 27.5 Å². The highest BCUT2D eigenvalue weighted by atomic mass is 79.9. The number of hydrogen-bond donors (Lipinski definition) is 2. The van der Waals surface area contributed by atoms with Crippen molar-refractivity contribution in [3.63, 3.8) is 0 Å². The van der Waals surface area contributed by atoms with Crippen LogP contribution in [0.1, 0.15) is 31.7 Å². The van der Waals surface area contributed by atoms with Gasteiger partial charge in [-0.05, 0) is 43.5 Å². The van der Waals surface area contributed by atoms with Crippen molar-refractivity contribution in [1.29, 1.82) is 0 Å². The Bertz CT molecular complexity index is 527. The molecule has 1 fully saturated rings. The highest BCUT2D eigenvalue weighted by Crippen LogP contribution is 2.21. The number of rotatable bonds is 5. The maximum absolute atomic E-state index is 6.26. The third-order valence-electron chi connectivity index (χ3n) is 4.15. The van der Waals surface area contributed by atoms with Crippen molar-refractivity contribution < 1.29 is 0 Å². The van der Waals surface area contributed by atoms with Gasteiger partial charge >= 0.3 is 0 Å². The van der Waals surface area contributed by atoms with E-state index in [1.54, 1.807) is 0 Å². The summed E-state index contributed by atoms with van der Waals surface area (Å²) >= 11 is 9.68. The molecular formula is C17H26BrClN4. The summed E-state index contributed by atoms with van der Waals surface area (Å²) in [6.45, 7) is 6.45. The predicted octanol–water partition coefficient (Wildman–Crippen LogP) is 3.64. The Hall–Kier alpha value is -0.780. The van der Waals surface area contributed by atoms with Crippen LogP contribution in [0.5, 0.6) is 0 Å². The van der Waals surface area contributed by atoms with E-state index < -0.39 is 0 Å². The molecule has 0 radical (unpaired) electrons. The van der Waals surface area contributed by atoms with Crippen molar-refractivity contribution in [2.24, 2.45) is 4.99 Å². The molecule has 0 aliphatic carbocycles. The first-order valence-corrected chi connectivity index (χ1v) is 9.43. The van der Waals surface area contributed by atoms with Gasteiger partial charge in [-0.25, -0.2) is 0 Å². The van der Waals surface area contributed by atoms with Crippen molar-refractivity contribution in [3.05, 3.63) is 33.3 Å². The molecule has 2 N–H and O–H groups in total. The summed E-state index contributed by atoms with van der Waals surface area (Å²) in [5.74, 6) is 0.845. The third-order valence-corrected chi connectivity index (χ3v) is 5.00. The first kappa shape index (κ1) is 18.6. The molecule has 0 atom stereocenters. The Morgan fingerprint density at radius 1 is 1.39 bits per heavy atom. The highest BCUT2D eigenvalue weighted by Gasteiger charge is 2.19. The van der Waals surface area contributed by atoms with Gasteiger partial charge in [0.2, 0.25) is 0 Å². The summed E-state index contributed by atoms with van der Waals surface area (Å²) in [6.07, 6.45) is 3.56. The van der Waals surface area contributed by atoms with E-state index in [1.165, 1.54) is 38.9 Å². The molecule has 1 aliphatic rings. The van der Waals surface area contributed by atoms with Gasteiger partial charge in [-0.1, -0.05) is 40.5 Å². The summed E-state index contributed by atoms with van der Waals surface area (Å²) in [7, 11) is 1.81. The third kappa shape index (κ3) is 5.98. The zero-order chi connectivity index (χ0) is 16.7. The number of benzene rings is 1. The van der Waals surface area contributed by atoms with Gasteiger partial charge in [0.15, 0.2) is 5.96 Å². The van der Waals surface area contributed by atoms with Crippen molar-refractivity contribution in [2.75, 3.05) is 26.7 Å². The normalized spacial score (nSPS) is 17.3. The Labute approximate surface area is 152 Å². The van der Waals surface area contributed by atoms with Gasteiger partial charge in [0.25, 0.3) is 0 Å².